The van der Waals surface area contributed by atoms with E-state index < -0.39 is 0 Å². The van der Waals surface area contributed by atoms with Gasteiger partial charge >= 0.3 is 0 Å². The molecule has 5 heteroatoms. The van der Waals surface area contributed by atoms with Gasteiger partial charge < -0.3 is 0 Å². The van der Waals surface area contributed by atoms with Crippen molar-refractivity contribution in [2.75, 3.05) is 0 Å². The van der Waals surface area contributed by atoms with Gasteiger partial charge in [-0.25, -0.2) is 9.07 Å². The standard InChI is InChI=1S/C14H13FN4/c1-2-9-19-14(13(10-16)17-18-19)8-5-11-3-6-12(15)7-4-11/h3-8H,2,9H2,1H3/b8-5+. The smallest absolute Gasteiger partial charge is 0.190 e. The Labute approximate surface area is 110 Å². The van der Waals surface area contributed by atoms with Gasteiger partial charge in [0.25, 0.3) is 0 Å². The average Bonchev–Trinajstić information content (AvgIpc) is 2.81. The lowest BCUT2D eigenvalue weighted by Crippen LogP contribution is -2.01. The molecule has 1 heterocycles. The summed E-state index contributed by atoms with van der Waals surface area (Å²) in [6.45, 7) is 2.74. The summed E-state index contributed by atoms with van der Waals surface area (Å²) in [6.07, 6.45) is 4.50. The van der Waals surface area contributed by atoms with Crippen LogP contribution in [0.3, 0.4) is 0 Å². The number of rotatable bonds is 4. The van der Waals surface area contributed by atoms with E-state index in [1.54, 1.807) is 22.9 Å². The number of halogens is 1. The molecule has 1 aromatic carbocycles. The molecule has 1 aromatic heterocycles. The Morgan fingerprint density at radius 1 is 1.32 bits per heavy atom. The lowest BCUT2D eigenvalue weighted by atomic mass is 10.2. The molecular weight excluding hydrogens is 243 g/mol. The maximum atomic E-state index is 12.8. The molecule has 0 fully saturated rings. The normalized spacial score (nSPS) is 10.8. The fourth-order valence-corrected chi connectivity index (χ4v) is 1.69. The minimum Gasteiger partial charge on any atom is -0.244 e. The molecule has 0 unspecified atom stereocenters. The first-order chi connectivity index (χ1) is 9.24. The predicted octanol–water partition coefficient (Wildman–Crippen LogP) is 2.87. The molecule has 19 heavy (non-hydrogen) atoms. The number of hydrogen-bond acceptors (Lipinski definition) is 3. The van der Waals surface area contributed by atoms with Crippen LogP contribution in [-0.4, -0.2) is 15.0 Å². The molecule has 0 radical (unpaired) electrons. The van der Waals surface area contributed by atoms with Gasteiger partial charge in [-0.1, -0.05) is 30.3 Å². The van der Waals surface area contributed by atoms with E-state index in [1.807, 2.05) is 19.1 Å². The van der Waals surface area contributed by atoms with Crippen molar-refractivity contribution >= 4 is 12.2 Å². The Kier molecular flexibility index (Phi) is 4.04. The number of aryl methyl sites for hydroxylation is 1. The fraction of sp³-hybridized carbons (Fsp3) is 0.214. The third kappa shape index (κ3) is 3.05. The number of hydrogen-bond donors (Lipinski definition) is 0. The Balaban J connectivity index is 2.29. The van der Waals surface area contributed by atoms with Crippen LogP contribution in [-0.2, 0) is 6.54 Å². The van der Waals surface area contributed by atoms with E-state index in [0.29, 0.717) is 17.9 Å². The molecule has 2 aromatic rings. The SMILES string of the molecule is CCCn1nnc(C#N)c1/C=C/c1ccc(F)cc1. The van der Waals surface area contributed by atoms with Gasteiger partial charge in [-0.3, -0.25) is 0 Å². The van der Waals surface area contributed by atoms with Crippen molar-refractivity contribution < 1.29 is 4.39 Å². The molecule has 0 bridgehead atoms. The predicted molar refractivity (Wildman–Crippen MR) is 70.4 cm³/mol. The second-order valence-electron chi connectivity index (χ2n) is 4.04. The number of benzene rings is 1. The Bertz CT molecular complexity index is 620. The van der Waals surface area contributed by atoms with E-state index in [2.05, 4.69) is 10.3 Å². The maximum Gasteiger partial charge on any atom is 0.190 e. The lowest BCUT2D eigenvalue weighted by Gasteiger charge is -2.00. The van der Waals surface area contributed by atoms with Gasteiger partial charge in [-0.2, -0.15) is 5.26 Å². The minimum absolute atomic E-state index is 0.271. The summed E-state index contributed by atoms with van der Waals surface area (Å²) in [4.78, 5) is 0. The third-order valence-corrected chi connectivity index (χ3v) is 2.62. The Morgan fingerprint density at radius 2 is 2.05 bits per heavy atom. The van der Waals surface area contributed by atoms with E-state index in [1.165, 1.54) is 12.1 Å². The largest absolute Gasteiger partial charge is 0.244 e. The molecule has 0 aliphatic carbocycles. The summed E-state index contributed by atoms with van der Waals surface area (Å²) in [5, 5.41) is 16.7. The van der Waals surface area contributed by atoms with E-state index in [0.717, 1.165) is 12.0 Å². The molecule has 0 amide bonds. The zero-order valence-corrected chi connectivity index (χ0v) is 10.5. The number of aromatic nitrogens is 3. The quantitative estimate of drug-likeness (QED) is 0.845. The zero-order chi connectivity index (χ0) is 13.7. The highest BCUT2D eigenvalue weighted by atomic mass is 19.1. The van der Waals surface area contributed by atoms with Crippen LogP contribution in [0, 0.1) is 17.1 Å². The van der Waals surface area contributed by atoms with Crippen LogP contribution in [0.25, 0.3) is 12.2 Å². The summed E-state index contributed by atoms with van der Waals surface area (Å²) in [5.41, 5.74) is 1.83. The summed E-state index contributed by atoms with van der Waals surface area (Å²) in [6, 6.07) is 8.15. The first-order valence-electron chi connectivity index (χ1n) is 6.02. The molecule has 0 atom stereocenters. The molecule has 0 aliphatic rings. The highest BCUT2D eigenvalue weighted by Gasteiger charge is 2.08. The lowest BCUT2D eigenvalue weighted by molar-refractivity contribution is 0.575. The molecule has 96 valence electrons. The van der Waals surface area contributed by atoms with E-state index in [9.17, 15) is 4.39 Å². The van der Waals surface area contributed by atoms with Crippen molar-refractivity contribution in [3.8, 4) is 6.07 Å². The Hall–Kier alpha value is -2.48. The number of nitriles is 1. The van der Waals surface area contributed by atoms with Crippen LogP contribution in [0.1, 0.15) is 30.3 Å². The van der Waals surface area contributed by atoms with Crippen LogP contribution < -0.4 is 0 Å². The van der Waals surface area contributed by atoms with Gasteiger partial charge in [0.05, 0.1) is 5.69 Å². The second-order valence-corrected chi connectivity index (χ2v) is 4.04. The molecule has 2 rings (SSSR count). The molecule has 4 nitrogen and oxygen atoms in total. The van der Waals surface area contributed by atoms with Crippen molar-refractivity contribution in [1.82, 2.24) is 15.0 Å². The van der Waals surface area contributed by atoms with Crippen molar-refractivity contribution in [2.24, 2.45) is 0 Å². The highest BCUT2D eigenvalue weighted by Crippen LogP contribution is 2.12. The average molecular weight is 256 g/mol. The second kappa shape index (κ2) is 5.91. The highest BCUT2D eigenvalue weighted by molar-refractivity contribution is 5.69. The van der Waals surface area contributed by atoms with Gasteiger partial charge in [-0.15, -0.1) is 5.10 Å². The summed E-state index contributed by atoms with van der Waals surface area (Å²) >= 11 is 0. The van der Waals surface area contributed by atoms with Crippen LogP contribution >= 0.6 is 0 Å². The van der Waals surface area contributed by atoms with Gasteiger partial charge in [0.2, 0.25) is 0 Å². The van der Waals surface area contributed by atoms with Crippen LogP contribution in [0.15, 0.2) is 24.3 Å². The van der Waals surface area contributed by atoms with Crippen molar-refractivity contribution in [1.29, 1.82) is 5.26 Å². The maximum absolute atomic E-state index is 12.8. The summed E-state index contributed by atoms with van der Waals surface area (Å²) in [7, 11) is 0. The van der Waals surface area contributed by atoms with E-state index in [4.69, 9.17) is 5.26 Å². The minimum atomic E-state index is -0.271. The fourth-order valence-electron chi connectivity index (χ4n) is 1.69. The van der Waals surface area contributed by atoms with Gasteiger partial charge in [0.15, 0.2) is 5.69 Å². The molecule has 0 spiro atoms. The van der Waals surface area contributed by atoms with Crippen molar-refractivity contribution in [3.63, 3.8) is 0 Å². The van der Waals surface area contributed by atoms with Crippen LogP contribution in [0.4, 0.5) is 4.39 Å². The third-order valence-electron chi connectivity index (χ3n) is 2.62. The van der Waals surface area contributed by atoms with Gasteiger partial charge in [0, 0.05) is 6.54 Å². The monoisotopic (exact) mass is 256 g/mol. The number of nitrogens with zero attached hydrogens (tertiary/aromatic N) is 4. The molecule has 0 aliphatic heterocycles. The van der Waals surface area contributed by atoms with Gasteiger partial charge in [0.1, 0.15) is 11.9 Å². The molecule has 0 saturated carbocycles. The topological polar surface area (TPSA) is 54.5 Å². The molecular formula is C14H13FN4. The van der Waals surface area contributed by atoms with E-state index >= 15 is 0 Å². The van der Waals surface area contributed by atoms with Crippen molar-refractivity contribution in [2.45, 2.75) is 19.9 Å². The van der Waals surface area contributed by atoms with Crippen LogP contribution in [0.2, 0.25) is 0 Å². The first kappa shape index (κ1) is 13.0. The van der Waals surface area contributed by atoms with Crippen LogP contribution in [0.5, 0.6) is 0 Å². The van der Waals surface area contributed by atoms with Crippen molar-refractivity contribution in [3.05, 3.63) is 47.0 Å². The summed E-state index contributed by atoms with van der Waals surface area (Å²) in [5.74, 6) is -0.271. The Morgan fingerprint density at radius 3 is 2.68 bits per heavy atom. The first-order valence-corrected chi connectivity index (χ1v) is 6.02. The molecule has 0 saturated heterocycles. The van der Waals surface area contributed by atoms with E-state index in [-0.39, 0.29) is 5.82 Å². The summed E-state index contributed by atoms with van der Waals surface area (Å²) < 4.78 is 14.5. The molecule has 0 N–H and O–H groups in total. The van der Waals surface area contributed by atoms with Gasteiger partial charge in [-0.05, 0) is 30.2 Å². The zero-order valence-electron chi connectivity index (χ0n) is 10.5.